The lowest BCUT2D eigenvalue weighted by Gasteiger charge is -2.19. The highest BCUT2D eigenvalue weighted by Crippen LogP contribution is 2.25. The van der Waals surface area contributed by atoms with Gasteiger partial charge in [0.05, 0.1) is 6.10 Å². The molecule has 0 radical (unpaired) electrons. The number of unbranched alkanes of at least 4 members (excludes halogenated alkanes) is 1. The van der Waals surface area contributed by atoms with Gasteiger partial charge in [-0.05, 0) is 36.5 Å². The molecule has 0 spiro atoms. The fourth-order valence-corrected chi connectivity index (χ4v) is 2.88. The van der Waals surface area contributed by atoms with E-state index in [1.165, 1.54) is 19.3 Å². The van der Waals surface area contributed by atoms with Gasteiger partial charge in [-0.1, -0.05) is 68.8 Å². The Labute approximate surface area is 126 Å². The van der Waals surface area contributed by atoms with Crippen LogP contribution in [0.4, 0.5) is 0 Å². The normalized spacial score (nSPS) is 14.4. The minimum Gasteiger partial charge on any atom is -0.393 e. The van der Waals surface area contributed by atoms with Gasteiger partial charge in [0.25, 0.3) is 0 Å². The molecular formula is C16H24Cl2O. The van der Waals surface area contributed by atoms with Gasteiger partial charge in [-0.15, -0.1) is 0 Å². The van der Waals surface area contributed by atoms with Crippen molar-refractivity contribution >= 4 is 23.2 Å². The molecule has 2 unspecified atom stereocenters. The van der Waals surface area contributed by atoms with Crippen LogP contribution in [0.1, 0.15) is 51.5 Å². The average Bonchev–Trinajstić information content (AvgIpc) is 2.38. The second-order valence-corrected chi connectivity index (χ2v) is 6.09. The number of halogens is 2. The zero-order valence-electron chi connectivity index (χ0n) is 11.8. The predicted octanol–water partition coefficient (Wildman–Crippen LogP) is 5.50. The molecule has 3 heteroatoms. The highest BCUT2D eigenvalue weighted by atomic mass is 35.5. The van der Waals surface area contributed by atoms with Gasteiger partial charge in [0.15, 0.2) is 0 Å². The van der Waals surface area contributed by atoms with Gasteiger partial charge in [0.2, 0.25) is 0 Å². The largest absolute Gasteiger partial charge is 0.393 e. The van der Waals surface area contributed by atoms with E-state index in [4.69, 9.17) is 23.2 Å². The van der Waals surface area contributed by atoms with Gasteiger partial charge in [0, 0.05) is 10.0 Å². The summed E-state index contributed by atoms with van der Waals surface area (Å²) in [4.78, 5) is 0. The maximum absolute atomic E-state index is 10.2. The molecule has 0 aliphatic carbocycles. The first-order valence-corrected chi connectivity index (χ1v) is 7.94. The molecule has 0 heterocycles. The molecule has 0 saturated carbocycles. The summed E-state index contributed by atoms with van der Waals surface area (Å²) in [6, 6.07) is 5.46. The Morgan fingerprint density at radius 2 is 1.95 bits per heavy atom. The smallest absolute Gasteiger partial charge is 0.0583 e. The lowest BCUT2D eigenvalue weighted by Crippen LogP contribution is -2.16. The van der Waals surface area contributed by atoms with Crippen molar-refractivity contribution < 1.29 is 5.11 Å². The van der Waals surface area contributed by atoms with Crippen LogP contribution >= 0.6 is 23.2 Å². The van der Waals surface area contributed by atoms with E-state index in [2.05, 4.69) is 13.8 Å². The van der Waals surface area contributed by atoms with E-state index in [1.54, 1.807) is 6.07 Å². The number of benzene rings is 1. The van der Waals surface area contributed by atoms with E-state index in [0.717, 1.165) is 18.4 Å². The van der Waals surface area contributed by atoms with Gasteiger partial charge >= 0.3 is 0 Å². The monoisotopic (exact) mass is 302 g/mol. The van der Waals surface area contributed by atoms with Gasteiger partial charge in [-0.2, -0.15) is 0 Å². The van der Waals surface area contributed by atoms with Gasteiger partial charge in [-0.25, -0.2) is 0 Å². The first-order chi connectivity index (χ1) is 9.06. The first kappa shape index (κ1) is 16.8. The zero-order valence-corrected chi connectivity index (χ0v) is 13.3. The minimum absolute atomic E-state index is 0.319. The molecule has 1 rings (SSSR count). The van der Waals surface area contributed by atoms with Crippen molar-refractivity contribution in [1.29, 1.82) is 0 Å². The van der Waals surface area contributed by atoms with Gasteiger partial charge < -0.3 is 5.11 Å². The maximum Gasteiger partial charge on any atom is 0.0583 e. The van der Waals surface area contributed by atoms with E-state index < -0.39 is 0 Å². The van der Waals surface area contributed by atoms with Crippen molar-refractivity contribution in [2.24, 2.45) is 5.92 Å². The van der Waals surface area contributed by atoms with E-state index in [1.807, 2.05) is 12.1 Å². The van der Waals surface area contributed by atoms with E-state index in [0.29, 0.717) is 22.4 Å². The number of hydrogen-bond donors (Lipinski definition) is 1. The molecule has 1 aromatic carbocycles. The SMILES string of the molecule is CCCCC(CC)CC(O)Cc1ccc(Cl)cc1Cl. The molecule has 1 N–H and O–H groups in total. The summed E-state index contributed by atoms with van der Waals surface area (Å²) in [7, 11) is 0. The Morgan fingerprint density at radius 3 is 2.53 bits per heavy atom. The summed E-state index contributed by atoms with van der Waals surface area (Å²) >= 11 is 12.0. The number of rotatable bonds is 8. The second kappa shape index (κ2) is 8.84. The van der Waals surface area contributed by atoms with Crippen molar-refractivity contribution in [1.82, 2.24) is 0 Å². The standard InChI is InChI=1S/C16H24Cl2O/c1-3-5-6-12(4-2)9-15(19)10-13-7-8-14(17)11-16(13)18/h7-8,11-12,15,19H,3-6,9-10H2,1-2H3. The molecule has 0 fully saturated rings. The summed E-state index contributed by atoms with van der Waals surface area (Å²) in [6.07, 6.45) is 5.95. The molecule has 0 aliphatic heterocycles. The summed E-state index contributed by atoms with van der Waals surface area (Å²) in [5.74, 6) is 0.612. The highest BCUT2D eigenvalue weighted by Gasteiger charge is 2.14. The summed E-state index contributed by atoms with van der Waals surface area (Å²) in [5.41, 5.74) is 0.976. The van der Waals surface area contributed by atoms with Crippen LogP contribution in [0, 0.1) is 5.92 Å². The fourth-order valence-electron chi connectivity index (χ4n) is 2.39. The van der Waals surface area contributed by atoms with E-state index in [9.17, 15) is 5.11 Å². The Kier molecular flexibility index (Phi) is 7.82. The van der Waals surface area contributed by atoms with Crippen LogP contribution in [0.2, 0.25) is 10.0 Å². The van der Waals surface area contributed by atoms with Gasteiger partial charge in [-0.3, -0.25) is 0 Å². The fraction of sp³-hybridized carbons (Fsp3) is 0.625. The van der Waals surface area contributed by atoms with Crippen LogP contribution in [0.25, 0.3) is 0 Å². The Morgan fingerprint density at radius 1 is 1.21 bits per heavy atom. The molecular weight excluding hydrogens is 279 g/mol. The van der Waals surface area contributed by atoms with Crippen LogP contribution in [0.3, 0.4) is 0 Å². The molecule has 19 heavy (non-hydrogen) atoms. The van der Waals surface area contributed by atoms with E-state index in [-0.39, 0.29) is 6.10 Å². The van der Waals surface area contributed by atoms with E-state index >= 15 is 0 Å². The van der Waals surface area contributed by atoms with Crippen molar-refractivity contribution in [3.05, 3.63) is 33.8 Å². The number of hydrogen-bond acceptors (Lipinski definition) is 1. The van der Waals surface area contributed by atoms with Crippen LogP contribution in [0.5, 0.6) is 0 Å². The quantitative estimate of drug-likeness (QED) is 0.672. The summed E-state index contributed by atoms with van der Waals surface area (Å²) < 4.78 is 0. The van der Waals surface area contributed by atoms with Crippen molar-refractivity contribution in [3.8, 4) is 0 Å². The highest BCUT2D eigenvalue weighted by molar-refractivity contribution is 6.35. The van der Waals surface area contributed by atoms with Crippen molar-refractivity contribution in [3.63, 3.8) is 0 Å². The molecule has 1 aromatic rings. The lowest BCUT2D eigenvalue weighted by atomic mass is 9.91. The molecule has 0 bridgehead atoms. The Bertz CT molecular complexity index is 379. The average molecular weight is 303 g/mol. The molecule has 2 atom stereocenters. The molecule has 108 valence electrons. The summed E-state index contributed by atoms with van der Waals surface area (Å²) in [6.45, 7) is 4.40. The molecule has 0 saturated heterocycles. The first-order valence-electron chi connectivity index (χ1n) is 7.18. The van der Waals surface area contributed by atoms with Crippen LogP contribution < -0.4 is 0 Å². The topological polar surface area (TPSA) is 20.2 Å². The van der Waals surface area contributed by atoms with Gasteiger partial charge in [0.1, 0.15) is 0 Å². The lowest BCUT2D eigenvalue weighted by molar-refractivity contribution is 0.137. The minimum atomic E-state index is -0.319. The summed E-state index contributed by atoms with van der Waals surface area (Å²) in [5, 5.41) is 11.5. The number of aliphatic hydroxyl groups is 1. The third kappa shape index (κ3) is 6.16. The zero-order chi connectivity index (χ0) is 14.3. The predicted molar refractivity (Wildman–Crippen MR) is 84.1 cm³/mol. The molecule has 0 amide bonds. The molecule has 0 aliphatic rings. The van der Waals surface area contributed by atoms with Crippen LogP contribution in [0.15, 0.2) is 18.2 Å². The molecule has 0 aromatic heterocycles. The third-order valence-electron chi connectivity index (χ3n) is 3.62. The second-order valence-electron chi connectivity index (χ2n) is 5.25. The van der Waals surface area contributed by atoms with Crippen LogP contribution in [-0.2, 0) is 6.42 Å². The molecule has 1 nitrogen and oxygen atoms in total. The number of aliphatic hydroxyl groups excluding tert-OH is 1. The Hall–Kier alpha value is -0.240. The van der Waals surface area contributed by atoms with Crippen molar-refractivity contribution in [2.75, 3.05) is 0 Å². The van der Waals surface area contributed by atoms with Crippen LogP contribution in [-0.4, -0.2) is 11.2 Å². The Balaban J connectivity index is 2.51. The van der Waals surface area contributed by atoms with Crippen molar-refractivity contribution in [2.45, 2.75) is 58.5 Å². The third-order valence-corrected chi connectivity index (χ3v) is 4.21. The maximum atomic E-state index is 10.2.